The van der Waals surface area contributed by atoms with Gasteiger partial charge in [-0.05, 0) is 42.5 Å². The number of anilines is 1. The first-order valence-corrected chi connectivity index (χ1v) is 9.38. The number of fused-ring (bicyclic) bond motifs is 1. The molecule has 0 aliphatic carbocycles. The highest BCUT2D eigenvalue weighted by Gasteiger charge is 2.30. The fourth-order valence-corrected chi connectivity index (χ4v) is 3.42. The molecule has 0 atom stereocenters. The summed E-state index contributed by atoms with van der Waals surface area (Å²) >= 11 is 6.32. The SMILES string of the molecule is O=C(Cn1c(-c2ccccc2Cl)nc2ccccc21)Nc1cccc(C(F)(F)F)c1. The zero-order chi connectivity index (χ0) is 21.3. The number of alkyl halides is 3. The second kappa shape index (κ2) is 7.84. The number of hydrogen-bond acceptors (Lipinski definition) is 2. The van der Waals surface area contributed by atoms with Gasteiger partial charge in [0.2, 0.25) is 5.91 Å². The number of rotatable bonds is 4. The van der Waals surface area contributed by atoms with E-state index in [9.17, 15) is 18.0 Å². The van der Waals surface area contributed by atoms with Gasteiger partial charge in [-0.1, -0.05) is 41.9 Å². The predicted octanol–water partition coefficient (Wildman–Crippen LogP) is 6.01. The number of benzene rings is 3. The van der Waals surface area contributed by atoms with Crippen molar-refractivity contribution < 1.29 is 18.0 Å². The smallest absolute Gasteiger partial charge is 0.325 e. The molecule has 0 saturated carbocycles. The molecule has 1 heterocycles. The molecule has 0 aliphatic rings. The third kappa shape index (κ3) is 4.02. The van der Waals surface area contributed by atoms with Crippen molar-refractivity contribution in [3.05, 3.63) is 83.4 Å². The minimum absolute atomic E-state index is 0.0681. The minimum Gasteiger partial charge on any atom is -0.325 e. The second-order valence-corrected chi connectivity index (χ2v) is 7.02. The van der Waals surface area contributed by atoms with Crippen LogP contribution in [0, 0.1) is 0 Å². The summed E-state index contributed by atoms with van der Waals surface area (Å²) in [5.74, 6) is 0.0202. The van der Waals surface area contributed by atoms with Crippen molar-refractivity contribution in [3.63, 3.8) is 0 Å². The van der Waals surface area contributed by atoms with E-state index in [2.05, 4.69) is 10.3 Å². The summed E-state index contributed by atoms with van der Waals surface area (Å²) in [4.78, 5) is 17.3. The maximum atomic E-state index is 12.9. The molecule has 8 heteroatoms. The van der Waals surface area contributed by atoms with Gasteiger partial charge in [-0.2, -0.15) is 13.2 Å². The Balaban J connectivity index is 1.68. The van der Waals surface area contributed by atoms with Gasteiger partial charge in [-0.25, -0.2) is 4.98 Å². The van der Waals surface area contributed by atoms with Gasteiger partial charge in [0.25, 0.3) is 0 Å². The average Bonchev–Trinajstić information content (AvgIpc) is 3.06. The summed E-state index contributed by atoms with van der Waals surface area (Å²) in [7, 11) is 0. The molecule has 0 saturated heterocycles. The molecule has 0 radical (unpaired) electrons. The standard InChI is InChI=1S/C22H15ClF3N3O/c23-17-9-2-1-8-16(17)21-28-18-10-3-4-11-19(18)29(21)13-20(30)27-15-7-5-6-14(12-15)22(24,25)26/h1-12H,13H2,(H,27,30). The molecule has 3 aromatic carbocycles. The van der Waals surface area contributed by atoms with E-state index in [1.54, 1.807) is 22.8 Å². The Hall–Kier alpha value is -3.32. The molecule has 0 aliphatic heterocycles. The van der Waals surface area contributed by atoms with E-state index in [4.69, 9.17) is 11.6 Å². The van der Waals surface area contributed by atoms with Crippen molar-refractivity contribution in [2.45, 2.75) is 12.7 Å². The van der Waals surface area contributed by atoms with Crippen LogP contribution in [0.2, 0.25) is 5.02 Å². The number of nitrogens with zero attached hydrogens (tertiary/aromatic N) is 2. The van der Waals surface area contributed by atoms with E-state index in [0.29, 0.717) is 27.4 Å². The van der Waals surface area contributed by atoms with Crippen LogP contribution in [0.3, 0.4) is 0 Å². The lowest BCUT2D eigenvalue weighted by Crippen LogP contribution is -2.19. The fourth-order valence-electron chi connectivity index (χ4n) is 3.20. The van der Waals surface area contributed by atoms with Crippen molar-refractivity contribution in [2.24, 2.45) is 0 Å². The Bertz CT molecular complexity index is 1230. The lowest BCUT2D eigenvalue weighted by Gasteiger charge is -2.12. The van der Waals surface area contributed by atoms with Gasteiger partial charge in [0.15, 0.2) is 0 Å². The molecule has 4 rings (SSSR count). The highest BCUT2D eigenvalue weighted by molar-refractivity contribution is 6.33. The van der Waals surface area contributed by atoms with Crippen molar-refractivity contribution >= 4 is 34.2 Å². The normalized spacial score (nSPS) is 11.6. The molecule has 30 heavy (non-hydrogen) atoms. The number of carbonyl (C=O) groups is 1. The lowest BCUT2D eigenvalue weighted by atomic mass is 10.2. The molecule has 4 aromatic rings. The van der Waals surface area contributed by atoms with Gasteiger partial charge < -0.3 is 9.88 Å². The van der Waals surface area contributed by atoms with Gasteiger partial charge in [0.1, 0.15) is 12.4 Å². The maximum absolute atomic E-state index is 12.9. The van der Waals surface area contributed by atoms with Crippen LogP contribution < -0.4 is 5.32 Å². The van der Waals surface area contributed by atoms with E-state index < -0.39 is 17.6 Å². The van der Waals surface area contributed by atoms with Gasteiger partial charge in [0, 0.05) is 11.3 Å². The number of carbonyl (C=O) groups excluding carboxylic acids is 1. The van der Waals surface area contributed by atoms with Gasteiger partial charge >= 0.3 is 6.18 Å². The highest BCUT2D eigenvalue weighted by Crippen LogP contribution is 2.32. The number of halogens is 4. The van der Waals surface area contributed by atoms with Crippen LogP contribution in [0.5, 0.6) is 0 Å². The Morgan fingerprint density at radius 1 is 1.00 bits per heavy atom. The van der Waals surface area contributed by atoms with Crippen LogP contribution in [0.15, 0.2) is 72.8 Å². The highest BCUT2D eigenvalue weighted by atomic mass is 35.5. The number of nitrogens with one attached hydrogen (secondary N) is 1. The van der Waals surface area contributed by atoms with Crippen molar-refractivity contribution in [1.29, 1.82) is 0 Å². The first-order valence-electron chi connectivity index (χ1n) is 9.00. The summed E-state index contributed by atoms with van der Waals surface area (Å²) in [6.07, 6.45) is -4.49. The lowest BCUT2D eigenvalue weighted by molar-refractivity contribution is -0.137. The topological polar surface area (TPSA) is 46.9 Å². The molecule has 0 spiro atoms. The summed E-state index contributed by atoms with van der Waals surface area (Å²) in [6.45, 7) is -0.142. The van der Waals surface area contributed by atoms with Crippen LogP contribution in [0.25, 0.3) is 22.4 Å². The van der Waals surface area contributed by atoms with Crippen molar-refractivity contribution in [3.8, 4) is 11.4 Å². The number of hydrogen-bond donors (Lipinski definition) is 1. The van der Waals surface area contributed by atoms with E-state index in [-0.39, 0.29) is 12.2 Å². The van der Waals surface area contributed by atoms with Crippen LogP contribution in [-0.2, 0) is 17.5 Å². The van der Waals surface area contributed by atoms with Crippen LogP contribution >= 0.6 is 11.6 Å². The maximum Gasteiger partial charge on any atom is 0.416 e. The Labute approximate surface area is 174 Å². The zero-order valence-electron chi connectivity index (χ0n) is 15.4. The summed E-state index contributed by atoms with van der Waals surface area (Å²) in [6, 6.07) is 18.9. The number of amides is 1. The molecular formula is C22H15ClF3N3O. The molecule has 1 amide bonds. The van der Waals surface area contributed by atoms with Crippen LogP contribution in [0.4, 0.5) is 18.9 Å². The average molecular weight is 430 g/mol. The number of aromatic nitrogens is 2. The first kappa shape index (κ1) is 20.0. The van der Waals surface area contributed by atoms with E-state index in [0.717, 1.165) is 12.1 Å². The Kier molecular flexibility index (Phi) is 5.22. The molecule has 4 nitrogen and oxygen atoms in total. The Morgan fingerprint density at radius 2 is 1.73 bits per heavy atom. The van der Waals surface area contributed by atoms with E-state index in [1.165, 1.54) is 12.1 Å². The van der Waals surface area contributed by atoms with Crippen molar-refractivity contribution in [2.75, 3.05) is 5.32 Å². The predicted molar refractivity (Wildman–Crippen MR) is 110 cm³/mol. The molecular weight excluding hydrogens is 415 g/mol. The molecule has 0 fully saturated rings. The van der Waals surface area contributed by atoms with Crippen LogP contribution in [-0.4, -0.2) is 15.5 Å². The summed E-state index contributed by atoms with van der Waals surface area (Å²) in [5, 5.41) is 3.01. The summed E-state index contributed by atoms with van der Waals surface area (Å²) < 4.78 is 40.5. The van der Waals surface area contributed by atoms with Crippen LogP contribution in [0.1, 0.15) is 5.56 Å². The first-order chi connectivity index (χ1) is 14.3. The summed E-state index contributed by atoms with van der Waals surface area (Å²) in [5.41, 5.74) is 1.29. The minimum atomic E-state index is -4.49. The molecule has 0 unspecified atom stereocenters. The molecule has 152 valence electrons. The van der Waals surface area contributed by atoms with Gasteiger partial charge in [-0.3, -0.25) is 4.79 Å². The fraction of sp³-hybridized carbons (Fsp3) is 0.0909. The van der Waals surface area contributed by atoms with Crippen molar-refractivity contribution in [1.82, 2.24) is 9.55 Å². The van der Waals surface area contributed by atoms with Gasteiger partial charge in [-0.15, -0.1) is 0 Å². The Morgan fingerprint density at radius 3 is 2.50 bits per heavy atom. The molecule has 1 N–H and O–H groups in total. The largest absolute Gasteiger partial charge is 0.416 e. The zero-order valence-corrected chi connectivity index (χ0v) is 16.2. The van der Waals surface area contributed by atoms with Gasteiger partial charge in [0.05, 0.1) is 21.6 Å². The van der Waals surface area contributed by atoms with E-state index >= 15 is 0 Å². The monoisotopic (exact) mass is 429 g/mol. The molecule has 1 aromatic heterocycles. The number of para-hydroxylation sites is 2. The second-order valence-electron chi connectivity index (χ2n) is 6.62. The number of imidazole rings is 1. The quantitative estimate of drug-likeness (QED) is 0.431. The third-order valence-electron chi connectivity index (χ3n) is 4.54. The molecule has 0 bridgehead atoms. The third-order valence-corrected chi connectivity index (χ3v) is 4.87. The van der Waals surface area contributed by atoms with E-state index in [1.807, 2.05) is 30.3 Å².